The predicted octanol–water partition coefficient (Wildman–Crippen LogP) is 2.23. The number of methoxy groups -OCH3 is 1. The molecule has 0 radical (unpaired) electrons. The predicted molar refractivity (Wildman–Crippen MR) is 132 cm³/mol. The van der Waals surface area contributed by atoms with Crippen molar-refractivity contribution in [1.29, 1.82) is 0 Å². The van der Waals surface area contributed by atoms with E-state index in [-0.39, 0.29) is 17.9 Å². The molecule has 35 heavy (non-hydrogen) atoms. The van der Waals surface area contributed by atoms with Crippen LogP contribution in [0.3, 0.4) is 0 Å². The van der Waals surface area contributed by atoms with Crippen molar-refractivity contribution in [3.05, 3.63) is 63.7 Å². The first-order valence-electron chi connectivity index (χ1n) is 10.8. The van der Waals surface area contributed by atoms with Gasteiger partial charge in [-0.1, -0.05) is 18.2 Å². The number of carbonyl (C=O) groups is 2. The number of benzene rings is 2. The van der Waals surface area contributed by atoms with Crippen LogP contribution in [0.5, 0.6) is 5.75 Å². The number of sulfonamides is 1. The Balaban J connectivity index is 2.48. The molecule has 0 aliphatic carbocycles. The minimum atomic E-state index is -4.01. The second-order valence-electron chi connectivity index (χ2n) is 7.94. The van der Waals surface area contributed by atoms with Crippen molar-refractivity contribution >= 4 is 33.2 Å². The summed E-state index contributed by atoms with van der Waals surface area (Å²) in [6, 6.07) is 9.82. The number of amides is 2. The summed E-state index contributed by atoms with van der Waals surface area (Å²) >= 11 is 0. The van der Waals surface area contributed by atoms with Gasteiger partial charge in [0, 0.05) is 25.2 Å². The monoisotopic (exact) mass is 506 g/mol. The van der Waals surface area contributed by atoms with E-state index in [1.165, 1.54) is 24.1 Å². The van der Waals surface area contributed by atoms with Gasteiger partial charge in [0.1, 0.15) is 18.3 Å². The molecule has 11 nitrogen and oxygen atoms in total. The molecule has 2 aromatic rings. The molecular weight excluding hydrogens is 476 g/mol. The quantitative estimate of drug-likeness (QED) is 0.364. The maximum absolute atomic E-state index is 13.5. The molecule has 2 amide bonds. The van der Waals surface area contributed by atoms with Gasteiger partial charge < -0.3 is 15.0 Å². The number of nitro benzene ring substituents is 1. The summed E-state index contributed by atoms with van der Waals surface area (Å²) in [5.74, 6) is -0.491. The maximum Gasteiger partial charge on any atom is 0.271 e. The van der Waals surface area contributed by atoms with Gasteiger partial charge in [0.2, 0.25) is 21.8 Å². The minimum absolute atomic E-state index is 0.0137. The summed E-state index contributed by atoms with van der Waals surface area (Å²) < 4.78 is 31.4. The van der Waals surface area contributed by atoms with E-state index in [0.29, 0.717) is 23.4 Å². The number of non-ortho nitro benzene ring substituents is 1. The van der Waals surface area contributed by atoms with E-state index in [1.54, 1.807) is 45.0 Å². The molecule has 0 aromatic heterocycles. The summed E-state index contributed by atoms with van der Waals surface area (Å²) in [6.45, 7) is 4.61. The molecule has 190 valence electrons. The first-order valence-corrected chi connectivity index (χ1v) is 12.7. The van der Waals surface area contributed by atoms with Crippen LogP contribution in [0.15, 0.2) is 42.5 Å². The van der Waals surface area contributed by atoms with Crippen LogP contribution in [0.4, 0.5) is 11.4 Å². The highest BCUT2D eigenvalue weighted by Gasteiger charge is 2.31. The Labute approximate surface area is 204 Å². The number of nitro groups is 1. The van der Waals surface area contributed by atoms with Gasteiger partial charge in [-0.3, -0.25) is 24.0 Å². The minimum Gasteiger partial charge on any atom is -0.497 e. The van der Waals surface area contributed by atoms with Crippen molar-refractivity contribution in [2.75, 3.05) is 30.8 Å². The lowest BCUT2D eigenvalue weighted by Crippen LogP contribution is -2.51. The smallest absolute Gasteiger partial charge is 0.271 e. The summed E-state index contributed by atoms with van der Waals surface area (Å²) in [5.41, 5.74) is 0.814. The lowest BCUT2D eigenvalue weighted by Gasteiger charge is -2.31. The van der Waals surface area contributed by atoms with E-state index in [0.717, 1.165) is 16.6 Å². The standard InChI is InChI=1S/C23H30N4O7S/c1-6-24-23(29)17(3)25(14-18-8-7-9-20(12-18)34-4)22(28)15-26(35(5,32)33)21-13-19(27(30)31)11-10-16(21)2/h7-13,17H,6,14-15H2,1-5H3,(H,24,29)/t17-/m0/s1. The van der Waals surface area contributed by atoms with Gasteiger partial charge in [-0.15, -0.1) is 0 Å². The topological polar surface area (TPSA) is 139 Å². The molecule has 0 unspecified atom stereocenters. The number of hydrogen-bond donors (Lipinski definition) is 1. The highest BCUT2D eigenvalue weighted by molar-refractivity contribution is 7.92. The number of carbonyl (C=O) groups excluding carboxylic acids is 2. The average Bonchev–Trinajstić information content (AvgIpc) is 2.80. The Morgan fingerprint density at radius 3 is 2.46 bits per heavy atom. The molecule has 2 rings (SSSR count). The number of anilines is 1. The third-order valence-corrected chi connectivity index (χ3v) is 6.48. The van der Waals surface area contributed by atoms with Gasteiger partial charge in [0.15, 0.2) is 0 Å². The van der Waals surface area contributed by atoms with E-state index in [4.69, 9.17) is 4.74 Å². The van der Waals surface area contributed by atoms with Gasteiger partial charge >= 0.3 is 0 Å². The Hall–Kier alpha value is -3.67. The second kappa shape index (κ2) is 11.6. The van der Waals surface area contributed by atoms with E-state index in [9.17, 15) is 28.1 Å². The lowest BCUT2D eigenvalue weighted by atomic mass is 10.1. The Morgan fingerprint density at radius 1 is 1.20 bits per heavy atom. The molecule has 0 aliphatic heterocycles. The van der Waals surface area contributed by atoms with Crippen molar-refractivity contribution in [2.45, 2.75) is 33.4 Å². The average molecular weight is 507 g/mol. The summed E-state index contributed by atoms with van der Waals surface area (Å²) in [4.78, 5) is 38.0. The highest BCUT2D eigenvalue weighted by atomic mass is 32.2. The normalized spacial score (nSPS) is 11.9. The second-order valence-corrected chi connectivity index (χ2v) is 9.85. The van der Waals surface area contributed by atoms with E-state index in [1.807, 2.05) is 0 Å². The van der Waals surface area contributed by atoms with Crippen molar-refractivity contribution in [3.8, 4) is 5.75 Å². The van der Waals surface area contributed by atoms with Crippen LogP contribution in [0.2, 0.25) is 0 Å². The van der Waals surface area contributed by atoms with Crippen LogP contribution in [0.25, 0.3) is 0 Å². The molecule has 0 saturated carbocycles. The van der Waals surface area contributed by atoms with Crippen LogP contribution in [0, 0.1) is 17.0 Å². The van der Waals surface area contributed by atoms with Gasteiger partial charge in [-0.05, 0) is 44.0 Å². The number of aryl methyl sites for hydroxylation is 1. The van der Waals surface area contributed by atoms with Crippen LogP contribution in [-0.4, -0.2) is 62.6 Å². The molecule has 0 heterocycles. The van der Waals surface area contributed by atoms with E-state index < -0.39 is 39.3 Å². The lowest BCUT2D eigenvalue weighted by molar-refractivity contribution is -0.384. The molecule has 12 heteroatoms. The number of hydrogen-bond acceptors (Lipinski definition) is 7. The molecule has 1 atom stereocenters. The fraction of sp³-hybridized carbons (Fsp3) is 0.391. The summed E-state index contributed by atoms with van der Waals surface area (Å²) in [6.07, 6.45) is 0.915. The maximum atomic E-state index is 13.5. The molecule has 1 N–H and O–H groups in total. The molecule has 0 aliphatic rings. The Morgan fingerprint density at radius 2 is 1.89 bits per heavy atom. The van der Waals surface area contributed by atoms with Crippen molar-refractivity contribution in [3.63, 3.8) is 0 Å². The first kappa shape index (κ1) is 27.6. The van der Waals surface area contributed by atoms with Gasteiger partial charge in [0.25, 0.3) is 5.69 Å². The number of ether oxygens (including phenoxy) is 1. The van der Waals surface area contributed by atoms with Crippen molar-refractivity contribution < 1.29 is 27.7 Å². The van der Waals surface area contributed by atoms with Crippen LogP contribution in [0.1, 0.15) is 25.0 Å². The van der Waals surface area contributed by atoms with E-state index in [2.05, 4.69) is 5.32 Å². The fourth-order valence-electron chi connectivity index (χ4n) is 3.45. The molecular formula is C23H30N4O7S. The molecule has 0 spiro atoms. The van der Waals surface area contributed by atoms with Gasteiger partial charge in [-0.2, -0.15) is 0 Å². The zero-order valence-corrected chi connectivity index (χ0v) is 21.2. The van der Waals surface area contributed by atoms with Crippen molar-refractivity contribution in [1.82, 2.24) is 10.2 Å². The highest BCUT2D eigenvalue weighted by Crippen LogP contribution is 2.28. The van der Waals surface area contributed by atoms with Gasteiger partial charge in [-0.25, -0.2) is 8.42 Å². The molecule has 0 fully saturated rings. The third-order valence-electron chi connectivity index (χ3n) is 5.36. The fourth-order valence-corrected chi connectivity index (χ4v) is 4.35. The number of nitrogens with one attached hydrogen (secondary N) is 1. The summed E-state index contributed by atoms with van der Waals surface area (Å²) in [5, 5.41) is 13.9. The molecule has 0 bridgehead atoms. The van der Waals surface area contributed by atoms with Crippen LogP contribution in [-0.2, 0) is 26.2 Å². The largest absolute Gasteiger partial charge is 0.497 e. The number of nitrogens with zero attached hydrogens (tertiary/aromatic N) is 3. The van der Waals surface area contributed by atoms with E-state index >= 15 is 0 Å². The zero-order valence-electron chi connectivity index (χ0n) is 20.3. The number of rotatable bonds is 11. The van der Waals surface area contributed by atoms with Crippen molar-refractivity contribution in [2.24, 2.45) is 0 Å². The zero-order chi connectivity index (χ0) is 26.3. The molecule has 2 aromatic carbocycles. The first-order chi connectivity index (χ1) is 16.4. The van der Waals surface area contributed by atoms with Gasteiger partial charge in [0.05, 0.1) is 24.0 Å². The molecule has 0 saturated heterocycles. The SMILES string of the molecule is CCNC(=O)[C@H](C)N(Cc1cccc(OC)c1)C(=O)CN(c1cc([N+](=O)[O-])ccc1C)S(C)(=O)=O. The Kier molecular flexibility index (Phi) is 9.18. The summed E-state index contributed by atoms with van der Waals surface area (Å²) in [7, 11) is -2.50. The van der Waals surface area contributed by atoms with Crippen LogP contribution < -0.4 is 14.4 Å². The number of likely N-dealkylation sites (N-methyl/N-ethyl adjacent to an activating group) is 1. The Bertz CT molecular complexity index is 1200. The third kappa shape index (κ3) is 7.15. The van der Waals surface area contributed by atoms with Crippen LogP contribution >= 0.6 is 0 Å².